The summed E-state index contributed by atoms with van der Waals surface area (Å²) >= 11 is 1.77. The molecule has 7 heteroatoms. The second-order valence-electron chi connectivity index (χ2n) is 13.1. The molecule has 10 aromatic rings. The molecule has 0 aliphatic rings. The minimum atomic E-state index is 0.634. The van der Waals surface area contributed by atoms with Crippen LogP contribution in [-0.2, 0) is 0 Å². The van der Waals surface area contributed by atoms with Gasteiger partial charge in [-0.05, 0) is 29.3 Å². The van der Waals surface area contributed by atoms with E-state index in [4.69, 9.17) is 29.9 Å². The number of benzene rings is 7. The summed E-state index contributed by atoms with van der Waals surface area (Å²) in [5.74, 6) is 3.89. The van der Waals surface area contributed by atoms with Crippen molar-refractivity contribution in [1.29, 1.82) is 0 Å². The maximum absolute atomic E-state index is 5.03. The first-order valence-corrected chi connectivity index (χ1v) is 18.9. The van der Waals surface area contributed by atoms with Crippen LogP contribution in [0.25, 0.3) is 99.6 Å². The quantitative estimate of drug-likeness (QED) is 0.163. The van der Waals surface area contributed by atoms with Crippen molar-refractivity contribution in [1.82, 2.24) is 29.9 Å². The molecule has 0 amide bonds. The fourth-order valence-electron chi connectivity index (χ4n) is 6.83. The van der Waals surface area contributed by atoms with Crippen molar-refractivity contribution >= 4 is 31.5 Å². The average molecular weight is 723 g/mol. The molecule has 0 atom stereocenters. The molecule has 10 rings (SSSR count). The van der Waals surface area contributed by atoms with Crippen LogP contribution in [0.5, 0.6) is 0 Å². The molecular weight excluding hydrogens is 693 g/mol. The predicted octanol–water partition coefficient (Wildman–Crippen LogP) is 12.1. The van der Waals surface area contributed by atoms with Gasteiger partial charge in [0.2, 0.25) is 0 Å². The number of hydrogen-bond acceptors (Lipinski definition) is 7. The lowest BCUT2D eigenvalue weighted by Crippen LogP contribution is -2.00. The second kappa shape index (κ2) is 14.0. The van der Waals surface area contributed by atoms with Crippen molar-refractivity contribution < 1.29 is 0 Å². The molecule has 0 aliphatic carbocycles. The first-order chi connectivity index (χ1) is 27.2. The number of thiophene rings is 1. The standard InChI is InChI=1S/C48H30N6S/c1-5-14-32(15-6-1)43-49-44(33-16-7-2-8-17-33)51-47(50-43)36-26-24-31(25-27-36)37-28-29-41-40(30-37)38-22-13-23-39(42(38)55-41)48-53-45(34-18-9-3-10-19-34)52-46(54-48)35-20-11-4-12-21-35/h1-30H. The highest BCUT2D eigenvalue weighted by Gasteiger charge is 2.17. The smallest absolute Gasteiger partial charge is 0.165 e. The fraction of sp³-hybridized carbons (Fsp3) is 0. The van der Waals surface area contributed by atoms with E-state index >= 15 is 0 Å². The normalized spacial score (nSPS) is 11.3. The van der Waals surface area contributed by atoms with E-state index in [2.05, 4.69) is 60.7 Å². The topological polar surface area (TPSA) is 77.3 Å². The summed E-state index contributed by atoms with van der Waals surface area (Å²) in [4.78, 5) is 29.6. The summed E-state index contributed by atoms with van der Waals surface area (Å²) in [6.07, 6.45) is 0. The van der Waals surface area contributed by atoms with Gasteiger partial charge in [-0.3, -0.25) is 0 Å². The van der Waals surface area contributed by atoms with Crippen LogP contribution < -0.4 is 0 Å². The van der Waals surface area contributed by atoms with Gasteiger partial charge in [0.1, 0.15) is 0 Å². The predicted molar refractivity (Wildman–Crippen MR) is 224 cm³/mol. The van der Waals surface area contributed by atoms with E-state index in [1.165, 1.54) is 15.5 Å². The van der Waals surface area contributed by atoms with Gasteiger partial charge < -0.3 is 0 Å². The Bertz CT molecular complexity index is 2840. The number of rotatable bonds is 7. The summed E-state index contributed by atoms with van der Waals surface area (Å²) < 4.78 is 2.35. The molecule has 0 unspecified atom stereocenters. The minimum absolute atomic E-state index is 0.634. The van der Waals surface area contributed by atoms with E-state index in [9.17, 15) is 0 Å². The highest BCUT2D eigenvalue weighted by atomic mass is 32.1. The molecule has 7 aromatic carbocycles. The minimum Gasteiger partial charge on any atom is -0.208 e. The Balaban J connectivity index is 1.03. The third kappa shape index (κ3) is 6.33. The fourth-order valence-corrected chi connectivity index (χ4v) is 8.02. The molecule has 3 heterocycles. The van der Waals surface area contributed by atoms with Crippen molar-refractivity contribution in [3.8, 4) is 79.5 Å². The Morgan fingerprint density at radius 2 is 0.655 bits per heavy atom. The van der Waals surface area contributed by atoms with Crippen molar-refractivity contribution in [2.75, 3.05) is 0 Å². The first kappa shape index (κ1) is 32.4. The Hall–Kier alpha value is -7.22. The first-order valence-electron chi connectivity index (χ1n) is 18.0. The van der Waals surface area contributed by atoms with Crippen LogP contribution in [0, 0.1) is 0 Å². The van der Waals surface area contributed by atoms with E-state index < -0.39 is 0 Å². The monoisotopic (exact) mass is 722 g/mol. The summed E-state index contributed by atoms with van der Waals surface area (Å²) in [5, 5.41) is 2.37. The lowest BCUT2D eigenvalue weighted by Gasteiger charge is -2.09. The summed E-state index contributed by atoms with van der Waals surface area (Å²) in [7, 11) is 0. The lowest BCUT2D eigenvalue weighted by atomic mass is 10.0. The lowest BCUT2D eigenvalue weighted by molar-refractivity contribution is 1.07. The van der Waals surface area contributed by atoms with Crippen molar-refractivity contribution in [3.05, 3.63) is 182 Å². The average Bonchev–Trinajstić information content (AvgIpc) is 3.66. The molecule has 0 N–H and O–H groups in total. The molecule has 55 heavy (non-hydrogen) atoms. The molecule has 6 nitrogen and oxygen atoms in total. The van der Waals surface area contributed by atoms with E-state index in [-0.39, 0.29) is 0 Å². The number of fused-ring (bicyclic) bond motifs is 3. The molecule has 258 valence electrons. The summed E-state index contributed by atoms with van der Waals surface area (Å²) in [5.41, 5.74) is 7.95. The zero-order chi connectivity index (χ0) is 36.6. The number of hydrogen-bond donors (Lipinski definition) is 0. The summed E-state index contributed by atoms with van der Waals surface area (Å²) in [6, 6.07) is 61.9. The molecule has 0 radical (unpaired) electrons. The molecular formula is C48H30N6S. The van der Waals surface area contributed by atoms with Gasteiger partial charge in [-0.2, -0.15) is 0 Å². The van der Waals surface area contributed by atoms with Crippen LogP contribution in [0.2, 0.25) is 0 Å². The van der Waals surface area contributed by atoms with Gasteiger partial charge in [0.05, 0.1) is 0 Å². The molecule has 0 saturated carbocycles. The molecule has 0 aliphatic heterocycles. The van der Waals surface area contributed by atoms with E-state index in [0.29, 0.717) is 34.9 Å². The maximum atomic E-state index is 5.03. The maximum Gasteiger partial charge on any atom is 0.165 e. The highest BCUT2D eigenvalue weighted by molar-refractivity contribution is 7.26. The van der Waals surface area contributed by atoms with Crippen molar-refractivity contribution in [2.45, 2.75) is 0 Å². The highest BCUT2D eigenvalue weighted by Crippen LogP contribution is 2.41. The van der Waals surface area contributed by atoms with Gasteiger partial charge in [-0.1, -0.05) is 164 Å². The van der Waals surface area contributed by atoms with Crippen LogP contribution in [-0.4, -0.2) is 29.9 Å². The van der Waals surface area contributed by atoms with Gasteiger partial charge in [-0.15, -0.1) is 11.3 Å². The number of aromatic nitrogens is 6. The Kier molecular flexibility index (Phi) is 8.24. The largest absolute Gasteiger partial charge is 0.208 e. The third-order valence-corrected chi connectivity index (χ3v) is 10.8. The van der Waals surface area contributed by atoms with Crippen LogP contribution in [0.15, 0.2) is 182 Å². The van der Waals surface area contributed by atoms with Gasteiger partial charge in [-0.25, -0.2) is 29.9 Å². The van der Waals surface area contributed by atoms with Crippen molar-refractivity contribution in [2.24, 2.45) is 0 Å². The van der Waals surface area contributed by atoms with Crippen LogP contribution >= 0.6 is 11.3 Å². The molecule has 0 saturated heterocycles. The molecule has 0 fully saturated rings. The Labute approximate surface area is 321 Å². The molecule has 0 bridgehead atoms. The Morgan fingerprint density at radius 1 is 0.273 bits per heavy atom. The van der Waals surface area contributed by atoms with E-state index in [1.807, 2.05) is 121 Å². The van der Waals surface area contributed by atoms with Gasteiger partial charge in [0.25, 0.3) is 0 Å². The molecule has 3 aromatic heterocycles. The summed E-state index contributed by atoms with van der Waals surface area (Å²) in [6.45, 7) is 0. The van der Waals surface area contributed by atoms with Crippen LogP contribution in [0.1, 0.15) is 0 Å². The van der Waals surface area contributed by atoms with Crippen LogP contribution in [0.3, 0.4) is 0 Å². The van der Waals surface area contributed by atoms with Gasteiger partial charge in [0.15, 0.2) is 34.9 Å². The zero-order valence-corrected chi connectivity index (χ0v) is 30.2. The number of nitrogens with zero attached hydrogens (tertiary/aromatic N) is 6. The van der Waals surface area contributed by atoms with Gasteiger partial charge >= 0.3 is 0 Å². The van der Waals surface area contributed by atoms with Crippen LogP contribution in [0.4, 0.5) is 0 Å². The third-order valence-electron chi connectivity index (χ3n) is 9.61. The van der Waals surface area contributed by atoms with Crippen molar-refractivity contribution in [3.63, 3.8) is 0 Å². The SMILES string of the molecule is c1ccc(-c2nc(-c3ccccc3)nc(-c3ccc(-c4ccc5sc6c(-c7nc(-c8ccccc8)nc(-c8ccccc8)n7)cccc6c5c4)cc3)n2)cc1. The Morgan fingerprint density at radius 3 is 1.11 bits per heavy atom. The van der Waals surface area contributed by atoms with E-state index in [1.54, 1.807) is 11.3 Å². The zero-order valence-electron chi connectivity index (χ0n) is 29.4. The second-order valence-corrected chi connectivity index (χ2v) is 14.2. The molecule has 0 spiro atoms. The van der Waals surface area contributed by atoms with Gasteiger partial charge in [0, 0.05) is 53.6 Å². The van der Waals surface area contributed by atoms with E-state index in [0.717, 1.165) is 49.2 Å².